The first-order valence-electron chi connectivity index (χ1n) is 7.02. The van der Waals surface area contributed by atoms with Crippen molar-refractivity contribution in [2.75, 3.05) is 13.2 Å². The molecule has 1 saturated carbocycles. The van der Waals surface area contributed by atoms with Crippen molar-refractivity contribution in [1.82, 2.24) is 10.2 Å². The SMILES string of the molecule is O=C(NC1(C(=O)O)CCC1)N1CCCC1CCCO. The van der Waals surface area contributed by atoms with Gasteiger partial charge < -0.3 is 20.4 Å². The molecular formula is C13H22N2O4. The van der Waals surface area contributed by atoms with Gasteiger partial charge in [0.05, 0.1) is 0 Å². The lowest BCUT2D eigenvalue weighted by Crippen LogP contribution is -2.62. The van der Waals surface area contributed by atoms with Gasteiger partial charge in [0.25, 0.3) is 0 Å². The van der Waals surface area contributed by atoms with Gasteiger partial charge in [-0.05, 0) is 44.9 Å². The number of aliphatic hydroxyl groups excluding tert-OH is 1. The van der Waals surface area contributed by atoms with Crippen LogP contribution in [0.4, 0.5) is 4.79 Å². The summed E-state index contributed by atoms with van der Waals surface area (Å²) in [7, 11) is 0. The molecule has 1 unspecified atom stereocenters. The summed E-state index contributed by atoms with van der Waals surface area (Å²) in [4.78, 5) is 25.2. The Morgan fingerprint density at radius 1 is 1.32 bits per heavy atom. The summed E-state index contributed by atoms with van der Waals surface area (Å²) in [5.74, 6) is -0.932. The van der Waals surface area contributed by atoms with Gasteiger partial charge in [-0.15, -0.1) is 0 Å². The Morgan fingerprint density at radius 3 is 2.58 bits per heavy atom. The average Bonchev–Trinajstić information content (AvgIpc) is 2.78. The van der Waals surface area contributed by atoms with Crippen molar-refractivity contribution in [2.24, 2.45) is 0 Å². The molecule has 0 spiro atoms. The predicted molar refractivity (Wildman–Crippen MR) is 68.8 cm³/mol. The molecule has 1 heterocycles. The Balaban J connectivity index is 1.93. The number of rotatable bonds is 5. The van der Waals surface area contributed by atoms with Gasteiger partial charge in [0.1, 0.15) is 5.54 Å². The van der Waals surface area contributed by atoms with E-state index in [-0.39, 0.29) is 18.7 Å². The van der Waals surface area contributed by atoms with Crippen LogP contribution in [0.25, 0.3) is 0 Å². The summed E-state index contributed by atoms with van der Waals surface area (Å²) in [6, 6.07) is -0.124. The van der Waals surface area contributed by atoms with Crippen LogP contribution >= 0.6 is 0 Å². The number of carboxylic acid groups (broad SMARTS) is 1. The van der Waals surface area contributed by atoms with E-state index in [1.165, 1.54) is 0 Å². The van der Waals surface area contributed by atoms with E-state index in [1.54, 1.807) is 4.90 Å². The van der Waals surface area contributed by atoms with Gasteiger partial charge in [-0.3, -0.25) is 0 Å². The van der Waals surface area contributed by atoms with Crippen LogP contribution in [0, 0.1) is 0 Å². The largest absolute Gasteiger partial charge is 0.480 e. The Bertz CT molecular complexity index is 355. The number of aliphatic hydroxyl groups is 1. The number of carbonyl (C=O) groups is 2. The van der Waals surface area contributed by atoms with E-state index in [9.17, 15) is 14.7 Å². The minimum absolute atomic E-state index is 0.130. The fraction of sp³-hybridized carbons (Fsp3) is 0.846. The number of nitrogens with zero attached hydrogens (tertiary/aromatic N) is 1. The molecule has 2 amide bonds. The molecule has 0 radical (unpaired) electrons. The van der Waals surface area contributed by atoms with E-state index < -0.39 is 11.5 Å². The van der Waals surface area contributed by atoms with Crippen LogP contribution in [-0.4, -0.2) is 51.8 Å². The number of carbonyl (C=O) groups excluding carboxylic acids is 1. The summed E-state index contributed by atoms with van der Waals surface area (Å²) < 4.78 is 0. The smallest absolute Gasteiger partial charge is 0.329 e. The summed E-state index contributed by atoms with van der Waals surface area (Å²) in [6.45, 7) is 0.808. The second-order valence-corrected chi connectivity index (χ2v) is 5.53. The third kappa shape index (κ3) is 2.83. The third-order valence-corrected chi connectivity index (χ3v) is 4.30. The third-order valence-electron chi connectivity index (χ3n) is 4.30. The van der Waals surface area contributed by atoms with Crippen molar-refractivity contribution in [1.29, 1.82) is 0 Å². The monoisotopic (exact) mass is 270 g/mol. The lowest BCUT2D eigenvalue weighted by atomic mass is 9.77. The zero-order chi connectivity index (χ0) is 13.9. The number of urea groups is 1. The minimum Gasteiger partial charge on any atom is -0.480 e. The highest BCUT2D eigenvalue weighted by Crippen LogP contribution is 2.33. The number of aliphatic carboxylic acids is 1. The first kappa shape index (κ1) is 14.1. The molecule has 1 saturated heterocycles. The number of nitrogens with one attached hydrogen (secondary N) is 1. The van der Waals surface area contributed by atoms with E-state index in [0.29, 0.717) is 25.8 Å². The number of carboxylic acids is 1. The highest BCUT2D eigenvalue weighted by atomic mass is 16.4. The lowest BCUT2D eigenvalue weighted by molar-refractivity contribution is -0.148. The molecule has 1 aliphatic carbocycles. The molecule has 2 aliphatic rings. The van der Waals surface area contributed by atoms with Crippen molar-refractivity contribution in [3.8, 4) is 0 Å². The predicted octanol–water partition coefficient (Wildman–Crippen LogP) is 0.940. The van der Waals surface area contributed by atoms with E-state index in [0.717, 1.165) is 25.7 Å². The van der Waals surface area contributed by atoms with Crippen LogP contribution in [0.1, 0.15) is 44.9 Å². The number of likely N-dealkylation sites (tertiary alicyclic amines) is 1. The Morgan fingerprint density at radius 2 is 2.05 bits per heavy atom. The molecule has 0 bridgehead atoms. The van der Waals surface area contributed by atoms with Gasteiger partial charge in [-0.2, -0.15) is 0 Å². The van der Waals surface area contributed by atoms with Crippen LogP contribution in [0.3, 0.4) is 0 Å². The van der Waals surface area contributed by atoms with Crippen LogP contribution in [0.15, 0.2) is 0 Å². The molecular weight excluding hydrogens is 248 g/mol. The van der Waals surface area contributed by atoms with Crippen molar-refractivity contribution < 1.29 is 19.8 Å². The van der Waals surface area contributed by atoms with E-state index in [1.807, 2.05) is 0 Å². The summed E-state index contributed by atoms with van der Waals surface area (Å²) in [5.41, 5.74) is -1.04. The van der Waals surface area contributed by atoms with Crippen LogP contribution < -0.4 is 5.32 Å². The van der Waals surface area contributed by atoms with Crippen molar-refractivity contribution >= 4 is 12.0 Å². The van der Waals surface area contributed by atoms with Crippen LogP contribution in [0.2, 0.25) is 0 Å². The zero-order valence-electron chi connectivity index (χ0n) is 11.1. The second kappa shape index (κ2) is 5.77. The fourth-order valence-electron chi connectivity index (χ4n) is 2.93. The topological polar surface area (TPSA) is 89.9 Å². The van der Waals surface area contributed by atoms with E-state index in [4.69, 9.17) is 5.11 Å². The van der Waals surface area contributed by atoms with E-state index in [2.05, 4.69) is 5.32 Å². The van der Waals surface area contributed by atoms with E-state index >= 15 is 0 Å². The molecule has 1 atom stereocenters. The van der Waals surface area contributed by atoms with Gasteiger partial charge in [0.2, 0.25) is 0 Å². The zero-order valence-corrected chi connectivity index (χ0v) is 11.1. The van der Waals surface area contributed by atoms with Crippen molar-refractivity contribution in [3.05, 3.63) is 0 Å². The molecule has 6 nitrogen and oxygen atoms in total. The molecule has 2 fully saturated rings. The van der Waals surface area contributed by atoms with Gasteiger partial charge >= 0.3 is 12.0 Å². The maximum Gasteiger partial charge on any atom is 0.329 e. The second-order valence-electron chi connectivity index (χ2n) is 5.53. The van der Waals surface area contributed by atoms with Crippen LogP contribution in [-0.2, 0) is 4.79 Å². The Hall–Kier alpha value is -1.30. The standard InChI is InChI=1S/C13H22N2O4/c16-9-2-5-10-4-1-8-15(10)12(19)14-13(11(17)18)6-3-7-13/h10,16H,1-9H2,(H,14,19)(H,17,18). The molecule has 108 valence electrons. The normalized spacial score (nSPS) is 24.9. The molecule has 2 rings (SSSR count). The summed E-state index contributed by atoms with van der Waals surface area (Å²) in [6.07, 6.45) is 5.23. The number of hydrogen-bond donors (Lipinski definition) is 3. The van der Waals surface area contributed by atoms with Gasteiger partial charge in [0, 0.05) is 19.2 Å². The summed E-state index contributed by atoms with van der Waals surface area (Å²) in [5, 5.41) is 20.8. The maximum absolute atomic E-state index is 12.2. The van der Waals surface area contributed by atoms with Gasteiger partial charge in [-0.1, -0.05) is 0 Å². The first-order chi connectivity index (χ1) is 9.09. The molecule has 19 heavy (non-hydrogen) atoms. The molecule has 6 heteroatoms. The lowest BCUT2D eigenvalue weighted by Gasteiger charge is -2.40. The molecule has 0 aromatic heterocycles. The van der Waals surface area contributed by atoms with Gasteiger partial charge in [-0.25, -0.2) is 9.59 Å². The molecule has 0 aromatic rings. The summed E-state index contributed by atoms with van der Waals surface area (Å²) >= 11 is 0. The fourth-order valence-corrected chi connectivity index (χ4v) is 2.93. The number of hydrogen-bond acceptors (Lipinski definition) is 3. The van der Waals surface area contributed by atoms with Crippen molar-refractivity contribution in [2.45, 2.75) is 56.5 Å². The highest BCUT2D eigenvalue weighted by molar-refractivity contribution is 5.87. The Kier molecular flexibility index (Phi) is 4.29. The first-order valence-corrected chi connectivity index (χ1v) is 7.02. The quantitative estimate of drug-likeness (QED) is 0.693. The van der Waals surface area contributed by atoms with Crippen LogP contribution in [0.5, 0.6) is 0 Å². The van der Waals surface area contributed by atoms with Crippen molar-refractivity contribution in [3.63, 3.8) is 0 Å². The van der Waals surface area contributed by atoms with Gasteiger partial charge in [0.15, 0.2) is 0 Å². The molecule has 1 aliphatic heterocycles. The highest BCUT2D eigenvalue weighted by Gasteiger charge is 2.47. The maximum atomic E-state index is 12.2. The molecule has 3 N–H and O–H groups in total. The number of amides is 2. The average molecular weight is 270 g/mol. The Labute approximate surface area is 112 Å². The molecule has 0 aromatic carbocycles. The minimum atomic E-state index is -1.04.